The highest BCUT2D eigenvalue weighted by molar-refractivity contribution is 7.79. The van der Waals surface area contributed by atoms with Crippen molar-refractivity contribution < 1.29 is 14.6 Å². The number of oxime groups is 1. The monoisotopic (exact) mass is 417 g/mol. The molecule has 0 saturated carbocycles. The van der Waals surface area contributed by atoms with E-state index in [9.17, 15) is 20.2 Å². The molecular weight excluding hydrogens is 401 g/mol. The number of nitro benzene ring substituents is 1. The molecule has 3 aromatic rings. The van der Waals surface area contributed by atoms with Gasteiger partial charge in [-0.2, -0.15) is 5.26 Å². The summed E-state index contributed by atoms with van der Waals surface area (Å²) in [5.41, 5.74) is 0.558. The first-order valence-corrected chi connectivity index (χ1v) is 10.2. The summed E-state index contributed by atoms with van der Waals surface area (Å²) < 4.78 is 0. The van der Waals surface area contributed by atoms with Gasteiger partial charge in [-0.15, -0.1) is 0 Å². The topological polar surface area (TPSA) is 106 Å². The summed E-state index contributed by atoms with van der Waals surface area (Å²) in [4.78, 5) is 26.1. The molecule has 1 unspecified atom stereocenters. The molecule has 0 N–H and O–H groups in total. The molecule has 3 rings (SSSR count). The first kappa shape index (κ1) is 20.8. The number of carbonyl (C=O) groups is 1. The molecule has 0 spiro atoms. The lowest BCUT2D eigenvalue weighted by atomic mass is 10.1. The maximum atomic E-state index is 11.0. The average Bonchev–Trinajstić information content (AvgIpc) is 2.76. The van der Waals surface area contributed by atoms with Gasteiger partial charge in [-0.1, -0.05) is 59.8 Å². The first-order chi connectivity index (χ1) is 14.5. The molecule has 3 aromatic carbocycles. The lowest BCUT2D eigenvalue weighted by Crippen LogP contribution is -2.20. The van der Waals surface area contributed by atoms with E-state index in [2.05, 4.69) is 9.99 Å². The van der Waals surface area contributed by atoms with Crippen molar-refractivity contribution in [3.8, 4) is 6.07 Å². The highest BCUT2D eigenvalue weighted by Crippen LogP contribution is 2.33. The zero-order valence-corrected chi connectivity index (χ0v) is 16.8. The van der Waals surface area contributed by atoms with Crippen LogP contribution in [0.3, 0.4) is 0 Å². The number of hydrogen-bond donors (Lipinski definition) is 0. The Bertz CT molecular complexity index is 1120. The summed E-state index contributed by atoms with van der Waals surface area (Å²) in [5.74, 6) is -0.606. The Labute approximate surface area is 174 Å². The minimum atomic E-state index is -0.962. The highest BCUT2D eigenvalue weighted by Gasteiger charge is 2.18. The van der Waals surface area contributed by atoms with Crippen molar-refractivity contribution in [1.29, 1.82) is 5.26 Å². The van der Waals surface area contributed by atoms with Crippen molar-refractivity contribution in [2.45, 2.75) is 6.92 Å². The molecule has 7 nitrogen and oxygen atoms in total. The molecule has 0 aliphatic carbocycles. The summed E-state index contributed by atoms with van der Waals surface area (Å²) in [6.45, 7) is 1.21. The summed E-state index contributed by atoms with van der Waals surface area (Å²) in [5, 5.41) is 26.9. The second-order valence-electron chi connectivity index (χ2n) is 6.13. The molecule has 0 radical (unpaired) electrons. The summed E-state index contributed by atoms with van der Waals surface area (Å²) in [7, 11) is -0.962. The van der Waals surface area contributed by atoms with E-state index in [1.807, 2.05) is 48.5 Å². The largest absolute Gasteiger partial charge is 0.332 e. The number of benzene rings is 3. The van der Waals surface area contributed by atoms with Crippen LogP contribution in [0, 0.1) is 21.4 Å². The lowest BCUT2D eigenvalue weighted by molar-refractivity contribution is -0.384. The fourth-order valence-corrected chi connectivity index (χ4v) is 5.02. The second kappa shape index (κ2) is 9.55. The average molecular weight is 417 g/mol. The molecule has 0 heterocycles. The van der Waals surface area contributed by atoms with Crippen LogP contribution in [0.2, 0.25) is 0 Å². The summed E-state index contributed by atoms with van der Waals surface area (Å²) in [6, 6.07) is 25.6. The van der Waals surface area contributed by atoms with Gasteiger partial charge >= 0.3 is 5.97 Å². The van der Waals surface area contributed by atoms with Crippen molar-refractivity contribution in [1.82, 2.24) is 0 Å². The second-order valence-corrected chi connectivity index (χ2v) is 8.35. The van der Waals surface area contributed by atoms with Gasteiger partial charge in [0.25, 0.3) is 5.69 Å². The molecule has 1 atom stereocenters. The van der Waals surface area contributed by atoms with Crippen LogP contribution >= 0.6 is 7.92 Å². The minimum absolute atomic E-state index is 0.00359. The molecule has 8 heteroatoms. The van der Waals surface area contributed by atoms with Gasteiger partial charge in [0.15, 0.2) is 5.71 Å². The quantitative estimate of drug-likeness (QED) is 0.201. The van der Waals surface area contributed by atoms with Crippen LogP contribution in [0.25, 0.3) is 0 Å². The van der Waals surface area contributed by atoms with Crippen LogP contribution < -0.4 is 15.9 Å². The number of non-ortho nitro benzene ring substituents is 1. The number of hydrogen-bond acceptors (Lipinski definition) is 6. The van der Waals surface area contributed by atoms with Gasteiger partial charge in [-0.05, 0) is 36.0 Å². The van der Waals surface area contributed by atoms with Crippen molar-refractivity contribution in [2.24, 2.45) is 5.16 Å². The predicted octanol–water partition coefficient (Wildman–Crippen LogP) is 3.14. The molecule has 0 fully saturated rings. The van der Waals surface area contributed by atoms with E-state index in [-0.39, 0.29) is 11.4 Å². The van der Waals surface area contributed by atoms with Crippen molar-refractivity contribution >= 4 is 41.2 Å². The van der Waals surface area contributed by atoms with E-state index >= 15 is 0 Å². The minimum Gasteiger partial charge on any atom is -0.317 e. The van der Waals surface area contributed by atoms with E-state index in [4.69, 9.17) is 0 Å². The molecule has 0 saturated heterocycles. The molecule has 0 bridgehead atoms. The van der Waals surface area contributed by atoms with Crippen LogP contribution in [0.5, 0.6) is 0 Å². The standard InChI is InChI=1S/C22H16N3O4P/c1-16(26)29-24-22(15-23)17-7-11-20(12-8-17)30(19-5-3-2-4-6-19)21-13-9-18(10-14-21)25(27)28/h2-14H,1H3. The van der Waals surface area contributed by atoms with Gasteiger partial charge in [0, 0.05) is 24.6 Å². The van der Waals surface area contributed by atoms with Gasteiger partial charge in [-0.25, -0.2) is 4.79 Å². The number of carbonyl (C=O) groups excluding carboxylic acids is 1. The highest BCUT2D eigenvalue weighted by atomic mass is 31.1. The molecule has 0 aromatic heterocycles. The van der Waals surface area contributed by atoms with E-state index in [1.54, 1.807) is 24.3 Å². The molecule has 0 aliphatic rings. The third kappa shape index (κ3) is 4.93. The van der Waals surface area contributed by atoms with Gasteiger partial charge in [0.2, 0.25) is 0 Å². The maximum absolute atomic E-state index is 11.0. The first-order valence-electron chi connectivity index (χ1n) is 8.85. The van der Waals surface area contributed by atoms with Crippen LogP contribution in [-0.4, -0.2) is 16.6 Å². The van der Waals surface area contributed by atoms with E-state index in [1.165, 1.54) is 19.1 Å². The molecule has 0 aliphatic heterocycles. The Morgan fingerprint density at radius 1 is 0.967 bits per heavy atom. The maximum Gasteiger partial charge on any atom is 0.332 e. The summed E-state index contributed by atoms with van der Waals surface area (Å²) >= 11 is 0. The predicted molar refractivity (Wildman–Crippen MR) is 116 cm³/mol. The molecule has 30 heavy (non-hydrogen) atoms. The fourth-order valence-electron chi connectivity index (χ4n) is 2.76. The Hall–Kier alpha value is -3.88. The van der Waals surface area contributed by atoms with Crippen molar-refractivity contribution in [3.63, 3.8) is 0 Å². The number of nitriles is 1. The lowest BCUT2D eigenvalue weighted by Gasteiger charge is -2.19. The smallest absolute Gasteiger partial charge is 0.317 e. The van der Waals surface area contributed by atoms with E-state index in [0.717, 1.165) is 15.9 Å². The third-order valence-electron chi connectivity index (χ3n) is 4.10. The number of nitrogens with zero attached hydrogens (tertiary/aromatic N) is 3. The molecule has 0 amide bonds. The molecule has 148 valence electrons. The van der Waals surface area contributed by atoms with Crippen LogP contribution in [0.15, 0.2) is 84.0 Å². The van der Waals surface area contributed by atoms with Crippen LogP contribution in [0.1, 0.15) is 12.5 Å². The van der Waals surface area contributed by atoms with Crippen molar-refractivity contribution in [2.75, 3.05) is 0 Å². The van der Waals surface area contributed by atoms with E-state index < -0.39 is 18.8 Å². The van der Waals surface area contributed by atoms with E-state index in [0.29, 0.717) is 5.56 Å². The van der Waals surface area contributed by atoms with Crippen molar-refractivity contribution in [3.05, 3.63) is 94.5 Å². The van der Waals surface area contributed by atoms with Gasteiger partial charge in [0.1, 0.15) is 6.07 Å². The number of rotatable bonds is 6. The van der Waals surface area contributed by atoms with Crippen LogP contribution in [-0.2, 0) is 9.63 Å². The normalized spacial score (nSPS) is 11.9. The summed E-state index contributed by atoms with van der Waals surface area (Å²) in [6.07, 6.45) is 0. The fraction of sp³-hybridized carbons (Fsp3) is 0.0455. The van der Waals surface area contributed by atoms with Gasteiger partial charge in [-0.3, -0.25) is 10.1 Å². The molecular formula is C22H16N3O4P. The Balaban J connectivity index is 2.00. The zero-order valence-electron chi connectivity index (χ0n) is 15.9. The SMILES string of the molecule is CC(=O)ON=C(C#N)c1ccc(P(c2ccccc2)c2ccc([N+](=O)[O-])cc2)cc1. The van der Waals surface area contributed by atoms with Gasteiger partial charge in [0.05, 0.1) is 4.92 Å². The Kier molecular flexibility index (Phi) is 6.63. The Morgan fingerprint density at radius 2 is 1.50 bits per heavy atom. The Morgan fingerprint density at radius 3 is 2.00 bits per heavy atom. The zero-order chi connectivity index (χ0) is 21.5. The van der Waals surface area contributed by atoms with Gasteiger partial charge < -0.3 is 4.84 Å². The van der Waals surface area contributed by atoms with Crippen LogP contribution in [0.4, 0.5) is 5.69 Å². The number of nitro groups is 1. The third-order valence-corrected chi connectivity index (χ3v) is 6.55.